The van der Waals surface area contributed by atoms with Crippen LogP contribution in [-0.2, 0) is 10.2 Å². The molecule has 0 aromatic heterocycles. The molecule has 0 saturated carbocycles. The summed E-state index contributed by atoms with van der Waals surface area (Å²) in [4.78, 5) is 4.62. The fourth-order valence-corrected chi connectivity index (χ4v) is 8.56. The molecule has 4 aromatic rings. The second-order valence-electron chi connectivity index (χ2n) is 12.8. The van der Waals surface area contributed by atoms with Crippen LogP contribution >= 0.6 is 12.2 Å². The van der Waals surface area contributed by atoms with Gasteiger partial charge in [0, 0.05) is 19.0 Å². The number of anilines is 1. The van der Waals surface area contributed by atoms with Gasteiger partial charge in [-0.25, -0.2) is 0 Å². The van der Waals surface area contributed by atoms with Crippen molar-refractivity contribution in [2.45, 2.75) is 36.8 Å². The Balaban J connectivity index is 1.35. The summed E-state index contributed by atoms with van der Waals surface area (Å²) in [7, 11) is 1.72. The highest BCUT2D eigenvalue weighted by molar-refractivity contribution is 7.80. The van der Waals surface area contributed by atoms with Crippen molar-refractivity contribution < 1.29 is 18.9 Å². The molecule has 0 radical (unpaired) electrons. The number of rotatable bonds is 7. The summed E-state index contributed by atoms with van der Waals surface area (Å²) in [6.07, 6.45) is 4.70. The minimum Gasteiger partial charge on any atom is -0.497 e. The third-order valence-corrected chi connectivity index (χ3v) is 10.7. The molecule has 5 aliphatic heterocycles. The fraction of sp³-hybridized carbons (Fsp3) is 0.275. The van der Waals surface area contributed by atoms with Gasteiger partial charge in [0.25, 0.3) is 5.17 Å². The molecule has 4 aromatic carbocycles. The van der Waals surface area contributed by atoms with E-state index >= 15 is 0 Å². The maximum Gasteiger partial charge on any atom is 0.306 e. The number of hydrogen-bond acceptors (Lipinski definition) is 6. The van der Waals surface area contributed by atoms with Gasteiger partial charge in [-0.3, -0.25) is 9.80 Å². The number of para-hydroxylation sites is 2. The molecule has 5 aliphatic rings. The Kier molecular flexibility index (Phi) is 7.74. The van der Waals surface area contributed by atoms with Gasteiger partial charge < -0.3 is 18.9 Å². The van der Waals surface area contributed by atoms with E-state index in [2.05, 4.69) is 60.0 Å². The number of allylic oxidation sites excluding steroid dienone is 1. The first-order valence-corrected chi connectivity index (χ1v) is 16.8. The Labute approximate surface area is 281 Å². The summed E-state index contributed by atoms with van der Waals surface area (Å²) in [5, 5.41) is 0.296. The van der Waals surface area contributed by atoms with E-state index in [9.17, 15) is 0 Å². The first-order chi connectivity index (χ1) is 23.1. The second kappa shape index (κ2) is 12.2. The van der Waals surface area contributed by atoms with Crippen molar-refractivity contribution in [3.05, 3.63) is 145 Å². The molecular weight excluding hydrogens is 605 g/mol. The normalized spacial score (nSPS) is 27.3. The van der Waals surface area contributed by atoms with Gasteiger partial charge in [-0.2, -0.15) is 0 Å². The van der Waals surface area contributed by atoms with Gasteiger partial charge >= 0.3 is 5.95 Å². The quantitative estimate of drug-likeness (QED) is 0.149. The lowest BCUT2D eigenvalue weighted by Gasteiger charge is -2.58. The lowest BCUT2D eigenvalue weighted by molar-refractivity contribution is -0.106. The zero-order chi connectivity index (χ0) is 32.0. The summed E-state index contributed by atoms with van der Waals surface area (Å²) in [6.45, 7) is 6.22. The van der Waals surface area contributed by atoms with Crippen LogP contribution in [0, 0.1) is 11.8 Å². The summed E-state index contributed by atoms with van der Waals surface area (Å²) in [6, 6.07) is 36.7. The zero-order valence-corrected chi connectivity index (χ0v) is 27.3. The predicted molar refractivity (Wildman–Crippen MR) is 188 cm³/mol. The Hall–Kier alpha value is -4.59. The molecule has 0 aliphatic carbocycles. The van der Waals surface area contributed by atoms with Crippen LogP contribution in [0.4, 0.5) is 5.69 Å². The summed E-state index contributed by atoms with van der Waals surface area (Å²) >= 11 is 6.10. The van der Waals surface area contributed by atoms with Crippen molar-refractivity contribution >= 4 is 23.1 Å². The van der Waals surface area contributed by atoms with E-state index < -0.39 is 5.41 Å². The fourth-order valence-electron chi connectivity index (χ4n) is 8.26. The highest BCUT2D eigenvalue weighted by Gasteiger charge is 2.60. The van der Waals surface area contributed by atoms with Gasteiger partial charge in [-0.1, -0.05) is 72.8 Å². The van der Waals surface area contributed by atoms with Crippen LogP contribution < -0.4 is 19.1 Å². The lowest BCUT2D eigenvalue weighted by atomic mass is 9.60. The number of fused-ring (bicyclic) bond motifs is 7. The van der Waals surface area contributed by atoms with Gasteiger partial charge in [0.2, 0.25) is 0 Å². The van der Waals surface area contributed by atoms with Crippen LogP contribution in [0.3, 0.4) is 0 Å². The molecule has 6 atom stereocenters. The molecule has 0 spiro atoms. The first kappa shape index (κ1) is 29.8. The van der Waals surface area contributed by atoms with Gasteiger partial charge in [0.05, 0.1) is 18.2 Å². The van der Waals surface area contributed by atoms with Gasteiger partial charge in [-0.15, -0.1) is 6.58 Å². The Morgan fingerprint density at radius 3 is 2.28 bits per heavy atom. The van der Waals surface area contributed by atoms with E-state index in [1.807, 2.05) is 71.6 Å². The Bertz CT molecular complexity index is 1810. The van der Waals surface area contributed by atoms with Crippen molar-refractivity contribution in [3.8, 4) is 17.2 Å². The molecule has 9 rings (SSSR count). The molecule has 3 unspecified atom stereocenters. The minimum absolute atomic E-state index is 0.166. The smallest absolute Gasteiger partial charge is 0.306 e. The van der Waals surface area contributed by atoms with Crippen molar-refractivity contribution in [2.75, 3.05) is 25.1 Å². The third-order valence-electron chi connectivity index (χ3n) is 10.5. The molecule has 5 heterocycles. The third kappa shape index (κ3) is 5.09. The number of thiocarbonyl (C=S) groups is 1. The maximum atomic E-state index is 7.33. The van der Waals surface area contributed by atoms with Crippen LogP contribution in [0.15, 0.2) is 133 Å². The monoisotopic (exact) mass is 642 g/mol. The number of ether oxygens (including phenoxy) is 4. The minimum atomic E-state index is -0.561. The number of piperidine rings is 3. The van der Waals surface area contributed by atoms with Crippen LogP contribution in [-0.4, -0.2) is 42.4 Å². The van der Waals surface area contributed by atoms with E-state index in [-0.39, 0.29) is 12.1 Å². The molecule has 4 bridgehead atoms. The van der Waals surface area contributed by atoms with E-state index in [0.29, 0.717) is 40.9 Å². The molecule has 6 nitrogen and oxygen atoms in total. The largest absolute Gasteiger partial charge is 0.497 e. The van der Waals surface area contributed by atoms with E-state index in [1.165, 1.54) is 12.0 Å². The van der Waals surface area contributed by atoms with Crippen LogP contribution in [0.2, 0.25) is 0 Å². The number of nitrogens with zero attached hydrogens (tertiary/aromatic N) is 2. The van der Waals surface area contributed by atoms with Crippen LogP contribution in [0.25, 0.3) is 0 Å². The summed E-state index contributed by atoms with van der Waals surface area (Å²) < 4.78 is 26.3. The standard InChI is InChI=1S/C40H38N2O4S/c1-3-27-26-41-22-21-28(27)23-35(41)37-40(29-13-7-4-8-14-29)25-36(38(46-37)44-30-15-9-5-10-16-30)42(34-20-19-32(43-2)24-33(34)40)39(47)45-31-17-11-6-12-18-31/h3-20,24,27-28,35,37H,1,21-23,25-26H2,2H3/t27?,28?,35-,37-,40-/m0/s1. The molecule has 238 valence electrons. The predicted octanol–water partition coefficient (Wildman–Crippen LogP) is 8.10. The SMILES string of the molecule is C=CC1CN2CCC1C[C@H]2[C@@H]1OC(Oc2ccccc2)=C2C[C@]1(c1ccccc1)c1cc(OC)ccc1N2C(=S)Oc1ccccc1. The summed E-state index contributed by atoms with van der Waals surface area (Å²) in [5.41, 5.74) is 3.48. The van der Waals surface area contributed by atoms with E-state index in [1.54, 1.807) is 7.11 Å². The average molecular weight is 643 g/mol. The van der Waals surface area contributed by atoms with Crippen molar-refractivity contribution in [1.82, 2.24) is 4.90 Å². The van der Waals surface area contributed by atoms with Crippen molar-refractivity contribution in [2.24, 2.45) is 11.8 Å². The second-order valence-corrected chi connectivity index (χ2v) is 13.2. The topological polar surface area (TPSA) is 43.4 Å². The number of methoxy groups -OCH3 is 1. The summed E-state index contributed by atoms with van der Waals surface area (Å²) in [5.74, 6) is 3.66. The van der Waals surface area contributed by atoms with E-state index in [4.69, 9.17) is 31.2 Å². The molecule has 0 N–H and O–H groups in total. The maximum absolute atomic E-state index is 7.33. The molecule has 3 fully saturated rings. The Morgan fingerprint density at radius 1 is 0.915 bits per heavy atom. The Morgan fingerprint density at radius 2 is 1.62 bits per heavy atom. The molecule has 0 amide bonds. The average Bonchev–Trinajstić information content (AvgIpc) is 3.13. The zero-order valence-electron chi connectivity index (χ0n) is 26.5. The van der Waals surface area contributed by atoms with Crippen molar-refractivity contribution in [1.29, 1.82) is 0 Å². The van der Waals surface area contributed by atoms with E-state index in [0.717, 1.165) is 42.2 Å². The lowest BCUT2D eigenvalue weighted by Crippen LogP contribution is -2.65. The molecule has 47 heavy (non-hydrogen) atoms. The van der Waals surface area contributed by atoms with Crippen molar-refractivity contribution in [3.63, 3.8) is 0 Å². The van der Waals surface area contributed by atoms with Gasteiger partial charge in [0.1, 0.15) is 29.0 Å². The number of hydrogen-bond donors (Lipinski definition) is 0. The molecular formula is C40H38N2O4S. The first-order valence-electron chi connectivity index (χ1n) is 16.4. The highest BCUT2D eigenvalue weighted by Crippen LogP contribution is 2.58. The van der Waals surface area contributed by atoms with Crippen LogP contribution in [0.5, 0.6) is 17.2 Å². The van der Waals surface area contributed by atoms with Gasteiger partial charge in [-0.05, 0) is 97.0 Å². The molecule has 7 heteroatoms. The van der Waals surface area contributed by atoms with Crippen LogP contribution in [0.1, 0.15) is 30.4 Å². The van der Waals surface area contributed by atoms with Gasteiger partial charge in [0.15, 0.2) is 0 Å². The number of benzene rings is 4. The highest BCUT2D eigenvalue weighted by atomic mass is 32.1. The molecule has 3 saturated heterocycles.